The Kier molecular flexibility index (Phi) is 6.20. The number of rotatable bonds is 6. The molecule has 0 saturated heterocycles. The summed E-state index contributed by atoms with van der Waals surface area (Å²) in [5.41, 5.74) is 4.98. The van der Waals surface area contributed by atoms with E-state index >= 15 is 0 Å². The average molecular weight is 302 g/mol. The number of carbonyl (C=O) groups excluding carboxylic acids is 1. The summed E-state index contributed by atoms with van der Waals surface area (Å²) in [7, 11) is 0. The lowest BCUT2D eigenvalue weighted by Gasteiger charge is -2.17. The predicted molar refractivity (Wildman–Crippen MR) is 76.7 cm³/mol. The van der Waals surface area contributed by atoms with E-state index in [9.17, 15) is 18.0 Å². The van der Waals surface area contributed by atoms with Gasteiger partial charge in [0.25, 0.3) is 0 Å². The fraction of sp³-hybridized carbons (Fsp3) is 0.533. The fourth-order valence-corrected chi connectivity index (χ4v) is 2.18. The van der Waals surface area contributed by atoms with Gasteiger partial charge >= 0.3 is 6.18 Å². The van der Waals surface area contributed by atoms with E-state index in [0.29, 0.717) is 12.5 Å². The van der Waals surface area contributed by atoms with Crippen LogP contribution in [0.2, 0.25) is 0 Å². The van der Waals surface area contributed by atoms with Crippen LogP contribution in [-0.2, 0) is 11.0 Å². The van der Waals surface area contributed by atoms with Crippen LogP contribution >= 0.6 is 0 Å². The highest BCUT2D eigenvalue weighted by Crippen LogP contribution is 2.30. The molecule has 0 radical (unpaired) electrons. The molecule has 0 aliphatic rings. The maximum atomic E-state index is 12.6. The minimum absolute atomic E-state index is 0.0378. The van der Waals surface area contributed by atoms with Crippen LogP contribution in [0.25, 0.3) is 0 Å². The Hall–Kier alpha value is -1.56. The molecule has 0 fully saturated rings. The van der Waals surface area contributed by atoms with E-state index in [2.05, 4.69) is 5.32 Å². The van der Waals surface area contributed by atoms with Gasteiger partial charge in [-0.1, -0.05) is 19.9 Å². The second-order valence-corrected chi connectivity index (χ2v) is 5.56. The maximum Gasteiger partial charge on any atom is 0.416 e. The molecule has 0 spiro atoms. The number of nitrogens with one attached hydrogen (secondary N) is 1. The van der Waals surface area contributed by atoms with Gasteiger partial charge in [-0.2, -0.15) is 13.2 Å². The molecular weight excluding hydrogens is 281 g/mol. The van der Waals surface area contributed by atoms with Crippen molar-refractivity contribution >= 4 is 11.6 Å². The van der Waals surface area contributed by atoms with Crippen LogP contribution in [0.4, 0.5) is 18.9 Å². The Morgan fingerprint density at radius 3 is 2.52 bits per heavy atom. The van der Waals surface area contributed by atoms with Crippen LogP contribution < -0.4 is 11.1 Å². The molecule has 0 aromatic heterocycles. The standard InChI is InChI=1S/C15H21F3N2O/c1-10(2)6-11(9-19)7-14(21)20-13-5-3-4-12(8-13)15(16,17)18/h3-5,8,10-11H,6-7,9,19H2,1-2H3,(H,20,21). The van der Waals surface area contributed by atoms with Crippen LogP contribution in [0.1, 0.15) is 32.3 Å². The third-order valence-electron chi connectivity index (χ3n) is 3.09. The summed E-state index contributed by atoms with van der Waals surface area (Å²) in [4.78, 5) is 11.9. The fourth-order valence-electron chi connectivity index (χ4n) is 2.18. The van der Waals surface area contributed by atoms with Crippen molar-refractivity contribution in [3.63, 3.8) is 0 Å². The van der Waals surface area contributed by atoms with Gasteiger partial charge in [0.15, 0.2) is 0 Å². The molecule has 1 unspecified atom stereocenters. The van der Waals surface area contributed by atoms with Gasteiger partial charge in [0.05, 0.1) is 5.56 Å². The summed E-state index contributed by atoms with van der Waals surface area (Å²) in [6, 6.07) is 4.61. The lowest BCUT2D eigenvalue weighted by molar-refractivity contribution is -0.137. The summed E-state index contributed by atoms with van der Waals surface area (Å²) in [5, 5.41) is 2.50. The molecular formula is C15H21F3N2O. The zero-order valence-corrected chi connectivity index (χ0v) is 12.2. The van der Waals surface area contributed by atoms with Gasteiger partial charge < -0.3 is 11.1 Å². The molecule has 0 heterocycles. The van der Waals surface area contributed by atoms with Gasteiger partial charge in [0.1, 0.15) is 0 Å². The van der Waals surface area contributed by atoms with Gasteiger partial charge in [-0.25, -0.2) is 0 Å². The summed E-state index contributed by atoms with van der Waals surface area (Å²) in [6.45, 7) is 4.45. The summed E-state index contributed by atoms with van der Waals surface area (Å²) < 4.78 is 37.8. The maximum absolute atomic E-state index is 12.6. The van der Waals surface area contributed by atoms with Crippen molar-refractivity contribution < 1.29 is 18.0 Å². The molecule has 1 aromatic carbocycles. The average Bonchev–Trinajstić information content (AvgIpc) is 2.36. The van der Waals surface area contributed by atoms with E-state index in [0.717, 1.165) is 18.6 Å². The Balaban J connectivity index is 2.66. The molecule has 0 bridgehead atoms. The third kappa shape index (κ3) is 6.16. The highest BCUT2D eigenvalue weighted by atomic mass is 19.4. The van der Waals surface area contributed by atoms with Crippen molar-refractivity contribution in [3.05, 3.63) is 29.8 Å². The van der Waals surface area contributed by atoms with E-state index < -0.39 is 11.7 Å². The first-order chi connectivity index (χ1) is 9.72. The first-order valence-electron chi connectivity index (χ1n) is 6.89. The Morgan fingerprint density at radius 2 is 2.00 bits per heavy atom. The van der Waals surface area contributed by atoms with Crippen molar-refractivity contribution in [2.75, 3.05) is 11.9 Å². The molecule has 1 atom stereocenters. The van der Waals surface area contributed by atoms with Crippen LogP contribution in [-0.4, -0.2) is 12.5 Å². The Bertz CT molecular complexity index is 472. The summed E-state index contributed by atoms with van der Waals surface area (Å²) in [6.07, 6.45) is -3.39. The van der Waals surface area contributed by atoms with Crippen LogP contribution in [0, 0.1) is 11.8 Å². The van der Waals surface area contributed by atoms with Gasteiger partial charge in [-0.15, -0.1) is 0 Å². The highest BCUT2D eigenvalue weighted by molar-refractivity contribution is 5.90. The molecule has 0 aliphatic heterocycles. The Morgan fingerprint density at radius 1 is 1.33 bits per heavy atom. The SMILES string of the molecule is CC(C)CC(CN)CC(=O)Nc1cccc(C(F)(F)F)c1. The second-order valence-electron chi connectivity index (χ2n) is 5.56. The van der Waals surface area contributed by atoms with E-state index in [1.807, 2.05) is 13.8 Å². The molecule has 0 aliphatic carbocycles. The van der Waals surface area contributed by atoms with Crippen molar-refractivity contribution in [2.24, 2.45) is 17.6 Å². The zero-order chi connectivity index (χ0) is 16.0. The number of alkyl halides is 3. The number of hydrogen-bond acceptors (Lipinski definition) is 2. The first kappa shape index (κ1) is 17.5. The largest absolute Gasteiger partial charge is 0.416 e. The predicted octanol–water partition coefficient (Wildman–Crippen LogP) is 3.66. The molecule has 6 heteroatoms. The minimum atomic E-state index is -4.42. The number of benzene rings is 1. The normalized spacial score (nSPS) is 13.3. The topological polar surface area (TPSA) is 55.1 Å². The number of anilines is 1. The number of carbonyl (C=O) groups is 1. The first-order valence-corrected chi connectivity index (χ1v) is 6.89. The van der Waals surface area contributed by atoms with Crippen molar-refractivity contribution in [1.29, 1.82) is 0 Å². The number of nitrogens with two attached hydrogens (primary N) is 1. The molecule has 3 nitrogen and oxygen atoms in total. The molecule has 0 saturated carbocycles. The van der Waals surface area contributed by atoms with E-state index in [1.54, 1.807) is 0 Å². The van der Waals surface area contributed by atoms with E-state index in [-0.39, 0.29) is 23.9 Å². The molecule has 3 N–H and O–H groups in total. The molecule has 1 rings (SSSR count). The van der Waals surface area contributed by atoms with E-state index in [4.69, 9.17) is 5.73 Å². The number of hydrogen-bond donors (Lipinski definition) is 2. The lowest BCUT2D eigenvalue weighted by Crippen LogP contribution is -2.23. The van der Waals surface area contributed by atoms with Crippen molar-refractivity contribution in [3.8, 4) is 0 Å². The molecule has 21 heavy (non-hydrogen) atoms. The number of amides is 1. The van der Waals surface area contributed by atoms with Crippen LogP contribution in [0.15, 0.2) is 24.3 Å². The highest BCUT2D eigenvalue weighted by Gasteiger charge is 2.30. The van der Waals surface area contributed by atoms with Crippen molar-refractivity contribution in [2.45, 2.75) is 32.9 Å². The third-order valence-corrected chi connectivity index (χ3v) is 3.09. The minimum Gasteiger partial charge on any atom is -0.330 e. The summed E-state index contributed by atoms with van der Waals surface area (Å²) >= 11 is 0. The lowest BCUT2D eigenvalue weighted by atomic mass is 9.94. The molecule has 1 amide bonds. The van der Waals surface area contributed by atoms with Gasteiger partial charge in [0.2, 0.25) is 5.91 Å². The monoisotopic (exact) mass is 302 g/mol. The quantitative estimate of drug-likeness (QED) is 0.842. The smallest absolute Gasteiger partial charge is 0.330 e. The number of halogens is 3. The molecule has 1 aromatic rings. The van der Waals surface area contributed by atoms with E-state index in [1.165, 1.54) is 12.1 Å². The van der Waals surface area contributed by atoms with Gasteiger partial charge in [-0.3, -0.25) is 4.79 Å². The molecule has 118 valence electrons. The van der Waals surface area contributed by atoms with Crippen LogP contribution in [0.3, 0.4) is 0 Å². The van der Waals surface area contributed by atoms with Gasteiger partial charge in [-0.05, 0) is 43.0 Å². The van der Waals surface area contributed by atoms with Gasteiger partial charge in [0, 0.05) is 12.1 Å². The second kappa shape index (κ2) is 7.45. The van der Waals surface area contributed by atoms with Crippen molar-refractivity contribution in [1.82, 2.24) is 0 Å². The Labute approximate surface area is 122 Å². The zero-order valence-electron chi connectivity index (χ0n) is 12.2. The summed E-state index contributed by atoms with van der Waals surface area (Å²) in [5.74, 6) is 0.140. The van der Waals surface area contributed by atoms with Crippen LogP contribution in [0.5, 0.6) is 0 Å².